The highest BCUT2D eigenvalue weighted by molar-refractivity contribution is 5.15. The monoisotopic (exact) mass is 264 g/mol. The molecule has 0 spiro atoms. The molecule has 0 unspecified atom stereocenters. The molecule has 1 aromatic carbocycles. The van der Waals surface area contributed by atoms with E-state index in [1.54, 1.807) is 14.2 Å². The van der Waals surface area contributed by atoms with Crippen LogP contribution in [-0.2, 0) is 15.9 Å². The van der Waals surface area contributed by atoms with Gasteiger partial charge in [0.15, 0.2) is 6.29 Å². The average Bonchev–Trinajstić information content (AvgIpc) is 2.46. The minimum absolute atomic E-state index is 0.0858. The van der Waals surface area contributed by atoms with Crippen LogP contribution in [0.3, 0.4) is 0 Å². The van der Waals surface area contributed by atoms with Crippen molar-refractivity contribution in [3.8, 4) is 0 Å². The molecule has 0 heterocycles. The number of aliphatic hydroxyl groups excluding tert-OH is 1. The van der Waals surface area contributed by atoms with Gasteiger partial charge < -0.3 is 14.6 Å². The van der Waals surface area contributed by atoms with Gasteiger partial charge in [-0.2, -0.15) is 0 Å². The molecule has 106 valence electrons. The van der Waals surface area contributed by atoms with Crippen molar-refractivity contribution in [2.45, 2.75) is 31.7 Å². The van der Waals surface area contributed by atoms with Gasteiger partial charge in [0.25, 0.3) is 0 Å². The summed E-state index contributed by atoms with van der Waals surface area (Å²) in [5.41, 5.74) is 1.17. The minimum atomic E-state index is -0.469. The Kier molecular flexibility index (Phi) is 7.41. The Morgan fingerprint density at radius 1 is 1.21 bits per heavy atom. The average molecular weight is 264 g/mol. The van der Waals surface area contributed by atoms with E-state index in [-0.39, 0.29) is 5.92 Å². The fourth-order valence-corrected chi connectivity index (χ4v) is 2.25. The molecule has 0 saturated carbocycles. The zero-order valence-corrected chi connectivity index (χ0v) is 11.8. The van der Waals surface area contributed by atoms with Crippen molar-refractivity contribution in [1.82, 2.24) is 0 Å². The van der Waals surface area contributed by atoms with Crippen molar-refractivity contribution in [3.63, 3.8) is 0 Å². The third-order valence-corrected chi connectivity index (χ3v) is 3.29. The third-order valence-electron chi connectivity index (χ3n) is 3.29. The summed E-state index contributed by atoms with van der Waals surface area (Å²) < 4.78 is 10.7. The van der Waals surface area contributed by atoms with Gasteiger partial charge >= 0.3 is 0 Å². The van der Waals surface area contributed by atoms with Crippen LogP contribution in [-0.4, -0.2) is 31.7 Å². The largest absolute Gasteiger partial charge is 0.393 e. The molecule has 0 bridgehead atoms. The second kappa shape index (κ2) is 8.86. The number of rotatable bonds is 9. The smallest absolute Gasteiger partial charge is 0.162 e. The molecule has 1 rings (SSSR count). The molecule has 0 aliphatic rings. The first-order chi connectivity index (χ1) is 9.22. The van der Waals surface area contributed by atoms with E-state index in [1.165, 1.54) is 5.56 Å². The summed E-state index contributed by atoms with van der Waals surface area (Å²) in [7, 11) is 3.21. The molecular formula is C16H24O3. The van der Waals surface area contributed by atoms with Gasteiger partial charge in [0.2, 0.25) is 0 Å². The summed E-state index contributed by atoms with van der Waals surface area (Å²) in [5.74, 6) is -0.0858. The molecule has 3 nitrogen and oxygen atoms in total. The molecule has 0 radical (unpaired) electrons. The number of aliphatic hydroxyl groups is 1. The number of allylic oxidation sites excluding steroid dienone is 1. The molecule has 0 fully saturated rings. The Morgan fingerprint density at radius 2 is 1.84 bits per heavy atom. The maximum absolute atomic E-state index is 10.3. The Balaban J connectivity index is 2.76. The third kappa shape index (κ3) is 5.15. The number of hydrogen-bond donors (Lipinski definition) is 1. The second-order valence-corrected chi connectivity index (χ2v) is 4.63. The molecule has 0 aliphatic heterocycles. The maximum Gasteiger partial charge on any atom is 0.162 e. The van der Waals surface area contributed by atoms with Crippen LogP contribution in [0.25, 0.3) is 0 Å². The van der Waals surface area contributed by atoms with E-state index in [0.717, 1.165) is 12.8 Å². The molecule has 19 heavy (non-hydrogen) atoms. The van der Waals surface area contributed by atoms with E-state index in [2.05, 4.69) is 18.7 Å². The zero-order valence-electron chi connectivity index (χ0n) is 11.8. The molecule has 1 aromatic rings. The summed E-state index contributed by atoms with van der Waals surface area (Å²) in [6, 6.07) is 10.1. The Morgan fingerprint density at radius 3 is 2.37 bits per heavy atom. The predicted molar refractivity (Wildman–Crippen MR) is 76.9 cm³/mol. The highest BCUT2D eigenvalue weighted by Gasteiger charge is 2.28. The van der Waals surface area contributed by atoms with Crippen LogP contribution >= 0.6 is 0 Å². The van der Waals surface area contributed by atoms with Gasteiger partial charge in [-0.05, 0) is 24.8 Å². The van der Waals surface area contributed by atoms with Crippen molar-refractivity contribution in [2.75, 3.05) is 14.2 Å². The fraction of sp³-hybridized carbons (Fsp3) is 0.500. The molecule has 0 amide bonds. The molecule has 0 saturated heterocycles. The number of ether oxygens (including phenoxy) is 2. The number of methoxy groups -OCH3 is 2. The number of benzene rings is 1. The van der Waals surface area contributed by atoms with E-state index < -0.39 is 12.4 Å². The van der Waals surface area contributed by atoms with E-state index in [4.69, 9.17) is 9.47 Å². The first-order valence-corrected chi connectivity index (χ1v) is 6.61. The normalized spacial score (nSPS) is 14.3. The van der Waals surface area contributed by atoms with E-state index in [1.807, 2.05) is 24.3 Å². The summed E-state index contributed by atoms with van der Waals surface area (Å²) in [5, 5.41) is 10.3. The summed E-state index contributed by atoms with van der Waals surface area (Å²) in [6.45, 7) is 3.69. The van der Waals surface area contributed by atoms with E-state index in [9.17, 15) is 5.11 Å². The van der Waals surface area contributed by atoms with Gasteiger partial charge in [-0.15, -0.1) is 6.58 Å². The van der Waals surface area contributed by atoms with Gasteiger partial charge in [0, 0.05) is 20.1 Å². The van der Waals surface area contributed by atoms with Crippen molar-refractivity contribution in [2.24, 2.45) is 5.92 Å². The Bertz CT molecular complexity index is 346. The van der Waals surface area contributed by atoms with Gasteiger partial charge in [-0.25, -0.2) is 0 Å². The van der Waals surface area contributed by atoms with Crippen LogP contribution in [0, 0.1) is 5.92 Å². The fourth-order valence-electron chi connectivity index (χ4n) is 2.25. The minimum Gasteiger partial charge on any atom is -0.393 e. The van der Waals surface area contributed by atoms with Crippen LogP contribution in [0.4, 0.5) is 0 Å². The molecule has 0 aromatic heterocycles. The van der Waals surface area contributed by atoms with Crippen LogP contribution in [0.5, 0.6) is 0 Å². The Labute approximate surface area is 115 Å². The van der Waals surface area contributed by atoms with Crippen LogP contribution < -0.4 is 0 Å². The SMILES string of the molecule is C=CCC[C@H](O)[C@@H](Cc1ccccc1)C(OC)OC. The lowest BCUT2D eigenvalue weighted by molar-refractivity contribution is -0.161. The topological polar surface area (TPSA) is 38.7 Å². The Hall–Kier alpha value is -1.16. The predicted octanol–water partition coefficient (Wildman–Crippen LogP) is 2.79. The molecule has 0 aliphatic carbocycles. The first-order valence-electron chi connectivity index (χ1n) is 6.61. The molecule has 2 atom stereocenters. The first kappa shape index (κ1) is 15.9. The van der Waals surface area contributed by atoms with Crippen LogP contribution in [0.15, 0.2) is 43.0 Å². The lowest BCUT2D eigenvalue weighted by atomic mass is 9.90. The van der Waals surface area contributed by atoms with Gasteiger partial charge in [-0.3, -0.25) is 0 Å². The van der Waals surface area contributed by atoms with Gasteiger partial charge in [-0.1, -0.05) is 36.4 Å². The van der Waals surface area contributed by atoms with Crippen molar-refractivity contribution >= 4 is 0 Å². The van der Waals surface area contributed by atoms with Gasteiger partial charge in [0.1, 0.15) is 0 Å². The maximum atomic E-state index is 10.3. The summed E-state index contributed by atoms with van der Waals surface area (Å²) >= 11 is 0. The van der Waals surface area contributed by atoms with Crippen molar-refractivity contribution in [1.29, 1.82) is 0 Å². The lowest BCUT2D eigenvalue weighted by Crippen LogP contribution is -2.36. The summed E-state index contributed by atoms with van der Waals surface area (Å²) in [4.78, 5) is 0. The second-order valence-electron chi connectivity index (χ2n) is 4.63. The summed E-state index contributed by atoms with van der Waals surface area (Å²) in [6.07, 6.45) is 3.13. The van der Waals surface area contributed by atoms with Crippen molar-refractivity contribution < 1.29 is 14.6 Å². The zero-order chi connectivity index (χ0) is 14.1. The van der Waals surface area contributed by atoms with Crippen LogP contribution in [0.2, 0.25) is 0 Å². The van der Waals surface area contributed by atoms with E-state index >= 15 is 0 Å². The number of hydrogen-bond acceptors (Lipinski definition) is 3. The van der Waals surface area contributed by atoms with Crippen LogP contribution in [0.1, 0.15) is 18.4 Å². The van der Waals surface area contributed by atoms with Crippen molar-refractivity contribution in [3.05, 3.63) is 48.6 Å². The van der Waals surface area contributed by atoms with Gasteiger partial charge in [0.05, 0.1) is 6.10 Å². The quantitative estimate of drug-likeness (QED) is 0.550. The highest BCUT2D eigenvalue weighted by atomic mass is 16.7. The molecular weight excluding hydrogens is 240 g/mol. The molecule has 3 heteroatoms. The lowest BCUT2D eigenvalue weighted by Gasteiger charge is -2.29. The highest BCUT2D eigenvalue weighted by Crippen LogP contribution is 2.22. The standard InChI is InChI=1S/C16H24O3/c1-4-5-11-15(17)14(16(18-2)19-3)12-13-9-7-6-8-10-13/h4,6-10,14-17H,1,5,11-12H2,2-3H3/t14-,15+/m1/s1. The van der Waals surface area contributed by atoms with E-state index in [0.29, 0.717) is 6.42 Å². The molecule has 1 N–H and O–H groups in total.